The van der Waals surface area contributed by atoms with Crippen LogP contribution in [0.3, 0.4) is 0 Å². The lowest BCUT2D eigenvalue weighted by Gasteiger charge is -2.25. The lowest BCUT2D eigenvalue weighted by Crippen LogP contribution is -2.42. The number of hydrogen-bond donors (Lipinski definition) is 2. The van der Waals surface area contributed by atoms with Crippen molar-refractivity contribution in [2.24, 2.45) is 0 Å². The molecule has 1 fully saturated rings. The van der Waals surface area contributed by atoms with Crippen molar-refractivity contribution in [3.8, 4) is 0 Å². The number of imide groups is 2. The number of hydrogen-bond acceptors (Lipinski definition) is 14. The van der Waals surface area contributed by atoms with Gasteiger partial charge in [0.25, 0.3) is 11.8 Å². The van der Waals surface area contributed by atoms with E-state index in [4.69, 9.17) is 28.4 Å². The summed E-state index contributed by atoms with van der Waals surface area (Å²) in [4.78, 5) is 68.7. The van der Waals surface area contributed by atoms with E-state index in [1.165, 1.54) is 17.4 Å². The van der Waals surface area contributed by atoms with E-state index in [0.29, 0.717) is 84.3 Å². The average molecular weight is 836 g/mol. The lowest BCUT2D eigenvalue weighted by atomic mass is 9.99. The zero-order valence-electron chi connectivity index (χ0n) is 32.6. The van der Waals surface area contributed by atoms with Gasteiger partial charge in [-0.2, -0.15) is 0 Å². The Hall–Kier alpha value is -4.50. The minimum atomic E-state index is -1.11. The molecule has 1 aromatic carbocycles. The summed E-state index contributed by atoms with van der Waals surface area (Å²) >= 11 is 1.50. The predicted octanol–water partition coefficient (Wildman–Crippen LogP) is 2.71. The molecule has 2 aliphatic heterocycles. The summed E-state index contributed by atoms with van der Waals surface area (Å²) in [6, 6.07) is 5.00. The van der Waals surface area contributed by atoms with Gasteiger partial charge in [-0.05, 0) is 30.5 Å². The Labute approximate surface area is 339 Å². The highest BCUT2D eigenvalue weighted by Gasteiger charge is 2.38. The van der Waals surface area contributed by atoms with E-state index in [9.17, 15) is 32.8 Å². The Balaban J connectivity index is 0.930. The molecule has 1 saturated heterocycles. The molecule has 5 amide bonds. The van der Waals surface area contributed by atoms with Crippen LogP contribution in [0.2, 0.25) is 0 Å². The van der Waals surface area contributed by atoms with Crippen LogP contribution in [0.25, 0.3) is 0 Å². The highest BCUT2D eigenvalue weighted by Crippen LogP contribution is 2.27. The third-order valence-electron chi connectivity index (χ3n) is 8.54. The molecular weight excluding hydrogens is 785 g/mol. The number of nitrogens with one attached hydrogen (secondary N) is 2. The van der Waals surface area contributed by atoms with Crippen molar-refractivity contribution in [3.05, 3.63) is 69.8 Å². The third-order valence-corrected chi connectivity index (χ3v) is 9.49. The molecule has 2 aromatic rings. The number of nitrogens with zero attached hydrogens (tertiary/aromatic N) is 3. The van der Waals surface area contributed by atoms with Crippen LogP contribution in [0.1, 0.15) is 51.7 Å². The summed E-state index contributed by atoms with van der Waals surface area (Å²) in [5.41, 5.74) is 1.95. The van der Waals surface area contributed by atoms with E-state index in [0.717, 1.165) is 34.9 Å². The van der Waals surface area contributed by atoms with Gasteiger partial charge < -0.3 is 38.6 Å². The molecule has 0 aliphatic carbocycles. The zero-order valence-corrected chi connectivity index (χ0v) is 33.4. The second kappa shape index (κ2) is 25.8. The lowest BCUT2D eigenvalue weighted by molar-refractivity contribution is -0.130. The second-order valence-electron chi connectivity index (χ2n) is 12.8. The summed E-state index contributed by atoms with van der Waals surface area (Å²) < 4.78 is 60.5. The topological polar surface area (TPSA) is 184 Å². The summed E-state index contributed by atoms with van der Waals surface area (Å²) in [7, 11) is 0. The molecule has 16 nitrogen and oxygen atoms in total. The number of anilines is 1. The molecule has 2 aliphatic rings. The third kappa shape index (κ3) is 15.7. The largest absolute Gasteiger partial charge is 0.379 e. The van der Waals surface area contributed by atoms with Gasteiger partial charge in [0.05, 0.1) is 76.3 Å². The van der Waals surface area contributed by atoms with Crippen molar-refractivity contribution < 1.29 is 61.2 Å². The summed E-state index contributed by atoms with van der Waals surface area (Å²) in [5, 5.41) is 7.48. The minimum absolute atomic E-state index is 0.105. The van der Waals surface area contributed by atoms with Crippen molar-refractivity contribution in [1.82, 2.24) is 20.5 Å². The van der Waals surface area contributed by atoms with Crippen LogP contribution < -0.4 is 15.5 Å². The number of allylic oxidation sites excluding steroid dienone is 3. The molecule has 0 unspecified atom stereocenters. The van der Waals surface area contributed by atoms with Crippen molar-refractivity contribution in [3.63, 3.8) is 0 Å². The van der Waals surface area contributed by atoms with Crippen molar-refractivity contribution in [2.75, 3.05) is 110 Å². The number of rotatable bonds is 27. The Morgan fingerprint density at radius 2 is 1.57 bits per heavy atom. The quantitative estimate of drug-likeness (QED) is 0.0762. The number of halogens is 2. The van der Waals surface area contributed by atoms with Crippen molar-refractivity contribution >= 4 is 46.0 Å². The average Bonchev–Trinajstić information content (AvgIpc) is 3.79. The first-order chi connectivity index (χ1) is 28.2. The molecule has 0 saturated carbocycles. The number of carbonyl (C=O) groups excluding carboxylic acids is 5. The van der Waals surface area contributed by atoms with E-state index in [2.05, 4.69) is 20.5 Å². The molecule has 0 atom stereocenters. The van der Waals surface area contributed by atoms with Gasteiger partial charge in [-0.15, -0.1) is 11.3 Å². The van der Waals surface area contributed by atoms with Gasteiger partial charge in [0.1, 0.15) is 19.8 Å². The fourth-order valence-electron chi connectivity index (χ4n) is 5.59. The second-order valence-corrected chi connectivity index (χ2v) is 13.7. The Morgan fingerprint density at radius 3 is 2.28 bits per heavy atom. The van der Waals surface area contributed by atoms with Crippen molar-refractivity contribution in [2.45, 2.75) is 32.6 Å². The molecule has 0 radical (unpaired) electrons. The smallest absolute Gasteiger partial charge is 0.262 e. The fraction of sp³-hybridized carbons (Fsp3) is 0.538. The summed E-state index contributed by atoms with van der Waals surface area (Å²) in [6.07, 6.45) is 4.05. The molecule has 1 aromatic heterocycles. The first kappa shape index (κ1) is 46.2. The van der Waals surface area contributed by atoms with E-state index >= 15 is 0 Å². The van der Waals surface area contributed by atoms with Crippen LogP contribution in [-0.2, 0) is 55.6 Å². The monoisotopic (exact) mass is 835 g/mol. The maximum atomic E-state index is 14.1. The SMILES string of the molecule is CCC(=O)NC(=O)CN1C(=O)c2cccc(CCCOCCOCCOCCOCCNC(=O)COC/C(F)=C(F)\C=C/Cc3csc(N4CCOCC4)n3)c2C1=O. The zero-order chi connectivity index (χ0) is 41.5. The molecule has 4 rings (SSSR count). The normalized spacial score (nSPS) is 14.6. The molecule has 3 heterocycles. The van der Waals surface area contributed by atoms with Crippen LogP contribution in [-0.4, -0.2) is 145 Å². The van der Waals surface area contributed by atoms with E-state index in [1.54, 1.807) is 25.1 Å². The van der Waals surface area contributed by atoms with Gasteiger partial charge in [0.15, 0.2) is 16.8 Å². The first-order valence-electron chi connectivity index (χ1n) is 19.1. The van der Waals surface area contributed by atoms with E-state index in [1.807, 2.05) is 5.38 Å². The summed E-state index contributed by atoms with van der Waals surface area (Å²) in [5.74, 6) is -5.00. The Bertz CT molecular complexity index is 1730. The molecule has 58 heavy (non-hydrogen) atoms. The Morgan fingerprint density at radius 1 is 0.879 bits per heavy atom. The minimum Gasteiger partial charge on any atom is -0.379 e. The standard InChI is InChI=1S/C39H51F2N5O11S/c1-2-33(47)44-34(48)24-46-37(50)30-9-3-6-28(36(30)38(46)51)7-5-14-52-18-20-55-22-23-56-21-19-53-15-11-42-35(49)26-57-25-32(41)31(40)10-4-8-29-27-58-39(43-29)45-12-16-54-17-13-45/h3-4,6,9-10,27H,2,5,7-8,11-26H2,1H3,(H,42,49)(H,44,47,48)/b10-4-,32-31-. The number of carbonyl (C=O) groups is 5. The van der Waals surface area contributed by atoms with Crippen LogP contribution in [0.15, 0.2) is 47.4 Å². The molecule has 0 bridgehead atoms. The molecule has 0 spiro atoms. The van der Waals surface area contributed by atoms with Crippen LogP contribution in [0.5, 0.6) is 0 Å². The number of thiazole rings is 1. The predicted molar refractivity (Wildman–Crippen MR) is 208 cm³/mol. The molecular formula is C39H51F2N5O11S. The van der Waals surface area contributed by atoms with Crippen LogP contribution in [0.4, 0.5) is 13.9 Å². The number of fused-ring (bicyclic) bond motifs is 1. The number of amides is 5. The van der Waals surface area contributed by atoms with Crippen LogP contribution >= 0.6 is 11.3 Å². The van der Waals surface area contributed by atoms with E-state index in [-0.39, 0.29) is 30.7 Å². The highest BCUT2D eigenvalue weighted by atomic mass is 32.1. The van der Waals surface area contributed by atoms with Crippen molar-refractivity contribution in [1.29, 1.82) is 0 Å². The van der Waals surface area contributed by atoms with Gasteiger partial charge >= 0.3 is 0 Å². The van der Waals surface area contributed by atoms with Crippen LogP contribution in [0, 0.1) is 0 Å². The van der Waals surface area contributed by atoms with E-state index < -0.39 is 60.9 Å². The Kier molecular flexibility index (Phi) is 20.5. The van der Waals surface area contributed by atoms with Gasteiger partial charge in [-0.3, -0.25) is 34.2 Å². The molecule has 318 valence electrons. The van der Waals surface area contributed by atoms with Gasteiger partial charge in [-0.25, -0.2) is 13.8 Å². The maximum absolute atomic E-state index is 14.1. The van der Waals surface area contributed by atoms with Gasteiger partial charge in [0.2, 0.25) is 17.7 Å². The number of morpholine rings is 1. The number of benzene rings is 1. The molecule has 19 heteroatoms. The fourth-order valence-corrected chi connectivity index (χ4v) is 6.48. The number of ether oxygens (including phenoxy) is 6. The molecule has 2 N–H and O–H groups in total. The summed E-state index contributed by atoms with van der Waals surface area (Å²) in [6.45, 7) is 5.68. The first-order valence-corrected chi connectivity index (χ1v) is 20.0. The van der Waals surface area contributed by atoms with Gasteiger partial charge in [-0.1, -0.05) is 25.1 Å². The number of aromatic nitrogens is 1. The van der Waals surface area contributed by atoms with Gasteiger partial charge in [0, 0.05) is 44.5 Å². The maximum Gasteiger partial charge on any atom is 0.262 e. The highest BCUT2D eigenvalue weighted by molar-refractivity contribution is 7.13. The number of aryl methyl sites for hydroxylation is 1.